The summed E-state index contributed by atoms with van der Waals surface area (Å²) in [6, 6.07) is 0. The van der Waals surface area contributed by atoms with Crippen LogP contribution in [0.2, 0.25) is 0 Å². The zero-order chi connectivity index (χ0) is 15.2. The van der Waals surface area contributed by atoms with Crippen LogP contribution >= 0.6 is 0 Å². The fraction of sp³-hybridized carbons (Fsp3) is 0.867. The van der Waals surface area contributed by atoms with Gasteiger partial charge in [0.1, 0.15) is 5.60 Å². The molecule has 20 heavy (non-hydrogen) atoms. The molecule has 1 amide bonds. The van der Waals surface area contributed by atoms with Gasteiger partial charge in [0.2, 0.25) is 0 Å². The summed E-state index contributed by atoms with van der Waals surface area (Å²) < 4.78 is 5.41. The van der Waals surface area contributed by atoms with Crippen LogP contribution in [0.25, 0.3) is 0 Å². The first kappa shape index (κ1) is 15.1. The van der Waals surface area contributed by atoms with E-state index in [0.29, 0.717) is 13.1 Å². The highest BCUT2D eigenvalue weighted by molar-refractivity contribution is 5.90. The van der Waals surface area contributed by atoms with E-state index in [1.807, 2.05) is 20.8 Å². The van der Waals surface area contributed by atoms with Crippen molar-refractivity contribution in [3.63, 3.8) is 0 Å². The summed E-state index contributed by atoms with van der Waals surface area (Å²) in [7, 11) is 0. The van der Waals surface area contributed by atoms with Crippen molar-refractivity contribution in [2.24, 2.45) is 10.6 Å². The second-order valence-corrected chi connectivity index (χ2v) is 7.89. The van der Waals surface area contributed by atoms with E-state index in [-0.39, 0.29) is 17.1 Å². The van der Waals surface area contributed by atoms with Gasteiger partial charge in [-0.2, -0.15) is 0 Å². The van der Waals surface area contributed by atoms with Gasteiger partial charge in [-0.25, -0.2) is 4.79 Å². The highest BCUT2D eigenvalue weighted by Crippen LogP contribution is 2.38. The molecule has 0 radical (unpaired) electrons. The number of ether oxygens (including phenoxy) is 1. The third-order valence-electron chi connectivity index (χ3n) is 3.67. The number of hydrogen-bond acceptors (Lipinski definition) is 4. The molecule has 0 aromatic heterocycles. The van der Waals surface area contributed by atoms with Crippen molar-refractivity contribution in [1.29, 1.82) is 0 Å². The Kier molecular flexibility index (Phi) is 3.51. The molecule has 1 fully saturated rings. The van der Waals surface area contributed by atoms with Crippen molar-refractivity contribution in [3.8, 4) is 0 Å². The molecule has 2 aliphatic heterocycles. The number of hydrogen-bond donors (Lipinski definition) is 0. The number of amides is 1. The largest absolute Gasteiger partial charge is 0.444 e. The zero-order valence-electron chi connectivity index (χ0n) is 13.4. The van der Waals surface area contributed by atoms with Gasteiger partial charge in [0.25, 0.3) is 0 Å². The molecule has 0 N–H and O–H groups in total. The average Bonchev–Trinajstić information content (AvgIpc) is 2.84. The number of rotatable bonds is 0. The van der Waals surface area contributed by atoms with Crippen molar-refractivity contribution < 1.29 is 14.4 Å². The van der Waals surface area contributed by atoms with E-state index < -0.39 is 5.60 Å². The minimum Gasteiger partial charge on any atom is -0.444 e. The highest BCUT2D eigenvalue weighted by atomic mass is 16.7. The first-order valence-corrected chi connectivity index (χ1v) is 7.24. The summed E-state index contributed by atoms with van der Waals surface area (Å²) in [6.45, 7) is 13.3. The van der Waals surface area contributed by atoms with E-state index in [2.05, 4.69) is 25.9 Å². The molecule has 0 aliphatic carbocycles. The molecule has 5 nitrogen and oxygen atoms in total. The molecule has 114 valence electrons. The minimum absolute atomic E-state index is 0.0167. The molecule has 0 bridgehead atoms. The Morgan fingerprint density at radius 2 is 1.95 bits per heavy atom. The lowest BCUT2D eigenvalue weighted by Crippen LogP contribution is -2.39. The first-order chi connectivity index (χ1) is 9.01. The fourth-order valence-corrected chi connectivity index (χ4v) is 2.47. The summed E-state index contributed by atoms with van der Waals surface area (Å²) in [4.78, 5) is 19.5. The smallest absolute Gasteiger partial charge is 0.410 e. The van der Waals surface area contributed by atoms with Gasteiger partial charge in [0.15, 0.2) is 5.60 Å². The van der Waals surface area contributed by atoms with Crippen LogP contribution in [0.3, 0.4) is 0 Å². The van der Waals surface area contributed by atoms with Gasteiger partial charge in [0, 0.05) is 24.8 Å². The van der Waals surface area contributed by atoms with Gasteiger partial charge in [-0.1, -0.05) is 25.9 Å². The SMILES string of the molecule is CC(C)(C)OC(=O)N1CCC2(CC(C(C)(C)C)=NO2)C1. The monoisotopic (exact) mass is 282 g/mol. The van der Waals surface area contributed by atoms with Crippen molar-refractivity contribution >= 4 is 11.8 Å². The Morgan fingerprint density at radius 3 is 2.45 bits per heavy atom. The van der Waals surface area contributed by atoms with Gasteiger partial charge >= 0.3 is 6.09 Å². The highest BCUT2D eigenvalue weighted by Gasteiger charge is 2.49. The van der Waals surface area contributed by atoms with Crippen LogP contribution in [0, 0.1) is 5.41 Å². The second kappa shape index (κ2) is 4.64. The lowest BCUT2D eigenvalue weighted by molar-refractivity contribution is -0.0159. The number of oxime groups is 1. The van der Waals surface area contributed by atoms with Crippen LogP contribution in [-0.2, 0) is 9.57 Å². The topological polar surface area (TPSA) is 51.1 Å². The van der Waals surface area contributed by atoms with Crippen molar-refractivity contribution in [3.05, 3.63) is 0 Å². The Bertz CT molecular complexity index is 431. The van der Waals surface area contributed by atoms with E-state index in [0.717, 1.165) is 18.6 Å². The Morgan fingerprint density at radius 1 is 1.30 bits per heavy atom. The van der Waals surface area contributed by atoms with Crippen LogP contribution in [0.15, 0.2) is 5.16 Å². The lowest BCUT2D eigenvalue weighted by Gasteiger charge is -2.26. The van der Waals surface area contributed by atoms with E-state index in [1.54, 1.807) is 4.90 Å². The molecule has 1 spiro atoms. The van der Waals surface area contributed by atoms with Gasteiger partial charge < -0.3 is 14.5 Å². The molecule has 1 saturated heterocycles. The van der Waals surface area contributed by atoms with Crippen molar-refractivity contribution in [1.82, 2.24) is 4.90 Å². The summed E-state index contributed by atoms with van der Waals surface area (Å²) in [5.74, 6) is 0. The number of carbonyl (C=O) groups is 1. The molecule has 0 aromatic carbocycles. The molecule has 2 aliphatic rings. The summed E-state index contributed by atoms with van der Waals surface area (Å²) in [6.07, 6.45) is 1.35. The van der Waals surface area contributed by atoms with Crippen LogP contribution in [0.4, 0.5) is 4.79 Å². The third-order valence-corrected chi connectivity index (χ3v) is 3.67. The predicted octanol–water partition coefficient (Wildman–Crippen LogP) is 3.19. The van der Waals surface area contributed by atoms with Gasteiger partial charge in [-0.05, 0) is 20.8 Å². The molecule has 0 saturated carbocycles. The molecule has 1 atom stereocenters. The maximum atomic E-state index is 12.1. The number of likely N-dealkylation sites (tertiary alicyclic amines) is 1. The first-order valence-electron chi connectivity index (χ1n) is 7.24. The quantitative estimate of drug-likeness (QED) is 0.685. The average molecular weight is 282 g/mol. The van der Waals surface area contributed by atoms with E-state index in [9.17, 15) is 4.79 Å². The second-order valence-electron chi connectivity index (χ2n) is 7.89. The summed E-state index contributed by atoms with van der Waals surface area (Å²) in [5.41, 5.74) is 0.294. The predicted molar refractivity (Wildman–Crippen MR) is 77.7 cm³/mol. The number of carbonyl (C=O) groups excluding carboxylic acids is 1. The molecule has 1 unspecified atom stereocenters. The summed E-state index contributed by atoms with van der Waals surface area (Å²) >= 11 is 0. The molecular weight excluding hydrogens is 256 g/mol. The van der Waals surface area contributed by atoms with Crippen molar-refractivity contribution in [2.75, 3.05) is 13.1 Å². The van der Waals surface area contributed by atoms with Gasteiger partial charge in [-0.15, -0.1) is 0 Å². The third kappa shape index (κ3) is 3.25. The zero-order valence-corrected chi connectivity index (χ0v) is 13.4. The van der Waals surface area contributed by atoms with E-state index in [4.69, 9.17) is 9.57 Å². The fourth-order valence-electron chi connectivity index (χ4n) is 2.47. The standard InChI is InChI=1S/C15H26N2O3/c1-13(2,3)11-9-15(20-16-11)7-8-17(10-15)12(18)19-14(4,5)6/h7-10H2,1-6H3. The van der Waals surface area contributed by atoms with Gasteiger partial charge in [-0.3, -0.25) is 0 Å². The van der Waals surface area contributed by atoms with E-state index in [1.165, 1.54) is 0 Å². The van der Waals surface area contributed by atoms with E-state index >= 15 is 0 Å². The Hall–Kier alpha value is -1.26. The van der Waals surface area contributed by atoms with Crippen molar-refractivity contribution in [2.45, 2.75) is 65.6 Å². The lowest BCUT2D eigenvalue weighted by atomic mass is 9.83. The van der Waals surface area contributed by atoms with Crippen LogP contribution in [0.5, 0.6) is 0 Å². The Labute approximate surface area is 121 Å². The maximum absolute atomic E-state index is 12.1. The molecule has 2 heterocycles. The molecule has 0 aromatic rings. The van der Waals surface area contributed by atoms with Crippen LogP contribution in [0.1, 0.15) is 54.4 Å². The maximum Gasteiger partial charge on any atom is 0.410 e. The minimum atomic E-state index is -0.462. The molecule has 5 heteroatoms. The number of nitrogens with zero attached hydrogens (tertiary/aromatic N) is 2. The summed E-state index contributed by atoms with van der Waals surface area (Å²) in [5, 5.41) is 4.25. The Balaban J connectivity index is 1.96. The molecular formula is C15H26N2O3. The van der Waals surface area contributed by atoms with Crippen LogP contribution < -0.4 is 0 Å². The van der Waals surface area contributed by atoms with Gasteiger partial charge in [0.05, 0.1) is 12.3 Å². The normalized spacial score (nSPS) is 26.7. The molecule has 2 rings (SSSR count). The van der Waals surface area contributed by atoms with Crippen LogP contribution in [-0.4, -0.2) is 41.0 Å².